The van der Waals surface area contributed by atoms with Gasteiger partial charge in [0.25, 0.3) is 0 Å². The molecule has 4 unspecified atom stereocenters. The van der Waals surface area contributed by atoms with E-state index in [2.05, 4.69) is 30.6 Å². The molecule has 0 rings (SSSR count). The number of carbonyl (C=O) groups is 2. The summed E-state index contributed by atoms with van der Waals surface area (Å²) >= 11 is 2.67. The summed E-state index contributed by atoms with van der Waals surface area (Å²) in [5, 5.41) is 42.7. The first-order chi connectivity index (χ1) is 30.5. The summed E-state index contributed by atoms with van der Waals surface area (Å²) in [6.45, 7) is 12.9. The van der Waals surface area contributed by atoms with E-state index in [9.17, 15) is 30.0 Å². The van der Waals surface area contributed by atoms with Crippen LogP contribution in [-0.2, 0) is 9.59 Å². The number of likely N-dealkylation sites (N-methyl/N-ethyl adjacent to an activating group) is 1. The summed E-state index contributed by atoms with van der Waals surface area (Å²) in [5.41, 5.74) is 0. The van der Waals surface area contributed by atoms with Crippen molar-refractivity contribution < 1.29 is 30.0 Å². The number of hydrogen-bond donors (Lipinski definition) is 4. The molecular weight excluding hydrogens is 827 g/mol. The van der Waals surface area contributed by atoms with E-state index in [1.165, 1.54) is 158 Å². The van der Waals surface area contributed by atoms with Crippen LogP contribution in [0.2, 0.25) is 0 Å². The smallest absolute Gasteiger partial charge is 0.202 e. The Labute approximate surface area is 398 Å². The Kier molecular flexibility index (Phi) is 46.7. The molecule has 0 aromatic carbocycles. The van der Waals surface area contributed by atoms with Crippen LogP contribution in [0.4, 0.5) is 0 Å². The van der Waals surface area contributed by atoms with Crippen LogP contribution in [0.15, 0.2) is 0 Å². The van der Waals surface area contributed by atoms with Crippen LogP contribution < -0.4 is 0 Å². The topological polar surface area (TPSA) is 125 Å². The van der Waals surface area contributed by atoms with Gasteiger partial charge in [0, 0.05) is 37.7 Å². The molecule has 0 spiro atoms. The van der Waals surface area contributed by atoms with Gasteiger partial charge in [-0.15, -0.1) is 0 Å². The standard InChI is InChI=1S/C52H105N3O6S2/c1-6-9-12-15-18-21-24-27-34-48(57)42-54(41-47(4)56)37-30-32-39-62-51(60)45-53(5)46-52(61)63-40-33-31-38-55(43-49(58)35-28-25-22-19-16-13-10-7-2)44-50(59)36-29-26-23-20-17-14-11-8-3/h47-50,56-59H,6-46H2,1-5H3. The second-order valence-electron chi connectivity index (χ2n) is 19.1. The maximum Gasteiger partial charge on any atom is 0.202 e. The highest BCUT2D eigenvalue weighted by atomic mass is 32.2. The van der Waals surface area contributed by atoms with Gasteiger partial charge in [0.1, 0.15) is 0 Å². The number of thioether (sulfide) groups is 2. The first-order valence-electron chi connectivity index (χ1n) is 26.7. The van der Waals surface area contributed by atoms with Crippen molar-refractivity contribution in [1.29, 1.82) is 0 Å². The van der Waals surface area contributed by atoms with Crippen LogP contribution >= 0.6 is 23.5 Å². The average Bonchev–Trinajstić information content (AvgIpc) is 3.23. The predicted molar refractivity (Wildman–Crippen MR) is 275 cm³/mol. The fourth-order valence-corrected chi connectivity index (χ4v) is 10.2. The van der Waals surface area contributed by atoms with Crippen molar-refractivity contribution >= 4 is 33.8 Å². The molecule has 9 nitrogen and oxygen atoms in total. The second-order valence-corrected chi connectivity index (χ2v) is 21.5. The normalized spacial score (nSPS) is 14.0. The molecular formula is C52H105N3O6S2. The Morgan fingerprint density at radius 1 is 0.413 bits per heavy atom. The molecule has 0 aliphatic rings. The van der Waals surface area contributed by atoms with Gasteiger partial charge in [-0.3, -0.25) is 24.3 Å². The second kappa shape index (κ2) is 46.9. The molecule has 0 radical (unpaired) electrons. The number of aliphatic hydroxyl groups is 4. The summed E-state index contributed by atoms with van der Waals surface area (Å²) < 4.78 is 0. The SMILES string of the molecule is CCCCCCCCCCC(O)CN(CCCCSC(=O)CN(C)CC(=O)SCCCCN(CC(O)CCCCCCCCCC)CC(O)CCCCCCCCCC)CC(C)O. The number of nitrogens with zero attached hydrogens (tertiary/aromatic N) is 3. The summed E-state index contributed by atoms with van der Waals surface area (Å²) in [4.78, 5) is 31.7. The molecule has 4 atom stereocenters. The molecule has 0 bridgehead atoms. The van der Waals surface area contributed by atoms with Gasteiger partial charge in [0.05, 0.1) is 37.5 Å². The fraction of sp³-hybridized carbons (Fsp3) is 0.962. The Bertz CT molecular complexity index is 970. The molecule has 0 heterocycles. The van der Waals surface area contributed by atoms with E-state index < -0.39 is 6.10 Å². The molecule has 0 aliphatic carbocycles. The van der Waals surface area contributed by atoms with E-state index in [-0.39, 0.29) is 41.6 Å². The third-order valence-corrected chi connectivity index (χ3v) is 14.1. The van der Waals surface area contributed by atoms with E-state index in [1.54, 1.807) is 6.92 Å². The maximum absolute atomic E-state index is 12.8. The van der Waals surface area contributed by atoms with Gasteiger partial charge < -0.3 is 20.4 Å². The largest absolute Gasteiger partial charge is 0.392 e. The van der Waals surface area contributed by atoms with Crippen molar-refractivity contribution in [3.63, 3.8) is 0 Å². The van der Waals surface area contributed by atoms with Crippen molar-refractivity contribution in [3.05, 3.63) is 0 Å². The number of hydrogen-bond acceptors (Lipinski definition) is 11. The first-order valence-corrected chi connectivity index (χ1v) is 28.6. The number of carbonyl (C=O) groups excluding carboxylic acids is 2. The third kappa shape index (κ3) is 45.3. The van der Waals surface area contributed by atoms with Crippen LogP contribution in [-0.4, -0.2) is 141 Å². The first kappa shape index (κ1) is 62.8. The molecule has 11 heteroatoms. The minimum atomic E-state index is -0.448. The fourth-order valence-electron chi connectivity index (χ4n) is 8.43. The molecule has 0 aliphatic heterocycles. The minimum Gasteiger partial charge on any atom is -0.392 e. The third-order valence-electron chi connectivity index (χ3n) is 12.2. The molecule has 0 saturated heterocycles. The lowest BCUT2D eigenvalue weighted by molar-refractivity contribution is -0.114. The molecule has 63 heavy (non-hydrogen) atoms. The quantitative estimate of drug-likeness (QED) is 0.0436. The summed E-state index contributed by atoms with van der Waals surface area (Å²) in [6.07, 6.45) is 34.5. The highest BCUT2D eigenvalue weighted by Crippen LogP contribution is 2.17. The molecule has 376 valence electrons. The number of aliphatic hydroxyl groups excluding tert-OH is 4. The minimum absolute atomic E-state index is 0.0752. The Morgan fingerprint density at radius 2 is 0.698 bits per heavy atom. The zero-order valence-electron chi connectivity index (χ0n) is 42.1. The highest BCUT2D eigenvalue weighted by Gasteiger charge is 2.18. The lowest BCUT2D eigenvalue weighted by Gasteiger charge is -2.27. The van der Waals surface area contributed by atoms with Crippen LogP contribution in [0.3, 0.4) is 0 Å². The van der Waals surface area contributed by atoms with Gasteiger partial charge in [-0.1, -0.05) is 198 Å². The Hall–Kier alpha value is -0.240. The van der Waals surface area contributed by atoms with E-state index in [1.807, 2.05) is 11.9 Å². The molecule has 0 aromatic heterocycles. The van der Waals surface area contributed by atoms with E-state index >= 15 is 0 Å². The van der Waals surface area contributed by atoms with Crippen LogP contribution in [0.25, 0.3) is 0 Å². The van der Waals surface area contributed by atoms with E-state index in [0.29, 0.717) is 26.2 Å². The van der Waals surface area contributed by atoms with Gasteiger partial charge >= 0.3 is 0 Å². The summed E-state index contributed by atoms with van der Waals surface area (Å²) in [6, 6.07) is 0. The maximum atomic E-state index is 12.8. The van der Waals surface area contributed by atoms with Gasteiger partial charge in [-0.2, -0.15) is 0 Å². The van der Waals surface area contributed by atoms with Crippen molar-refractivity contribution in [2.45, 2.75) is 251 Å². The van der Waals surface area contributed by atoms with Crippen LogP contribution in [0, 0.1) is 0 Å². The summed E-state index contributed by atoms with van der Waals surface area (Å²) in [7, 11) is 1.83. The lowest BCUT2D eigenvalue weighted by atomic mass is 10.0. The monoisotopic (exact) mass is 932 g/mol. The molecule has 0 fully saturated rings. The Morgan fingerprint density at radius 3 is 1.00 bits per heavy atom. The lowest BCUT2D eigenvalue weighted by Crippen LogP contribution is -2.38. The van der Waals surface area contributed by atoms with E-state index in [0.717, 1.165) is 88.8 Å². The molecule has 4 N–H and O–H groups in total. The molecule has 0 amide bonds. The number of rotatable bonds is 49. The van der Waals surface area contributed by atoms with Crippen molar-refractivity contribution in [1.82, 2.24) is 14.7 Å². The van der Waals surface area contributed by atoms with Crippen LogP contribution in [0.1, 0.15) is 227 Å². The van der Waals surface area contributed by atoms with Gasteiger partial charge in [0.2, 0.25) is 10.2 Å². The average molecular weight is 933 g/mol. The van der Waals surface area contributed by atoms with Gasteiger partial charge in [-0.05, 0) is 72.0 Å². The van der Waals surface area contributed by atoms with Crippen molar-refractivity contribution in [3.8, 4) is 0 Å². The van der Waals surface area contributed by atoms with Crippen molar-refractivity contribution in [2.75, 3.05) is 70.9 Å². The number of unbranched alkanes of at least 4 members (excludes halogenated alkanes) is 23. The zero-order chi connectivity index (χ0) is 46.6. The van der Waals surface area contributed by atoms with Crippen molar-refractivity contribution in [2.24, 2.45) is 0 Å². The molecule has 0 aromatic rings. The summed E-state index contributed by atoms with van der Waals surface area (Å²) in [5.74, 6) is 1.45. The van der Waals surface area contributed by atoms with E-state index in [4.69, 9.17) is 0 Å². The van der Waals surface area contributed by atoms with Gasteiger partial charge in [0.15, 0.2) is 0 Å². The highest BCUT2D eigenvalue weighted by molar-refractivity contribution is 8.14. The van der Waals surface area contributed by atoms with Gasteiger partial charge in [-0.25, -0.2) is 0 Å². The Balaban J connectivity index is 4.47. The predicted octanol–water partition coefficient (Wildman–Crippen LogP) is 11.7. The zero-order valence-corrected chi connectivity index (χ0v) is 43.7. The molecule has 0 saturated carbocycles. The van der Waals surface area contributed by atoms with Crippen LogP contribution in [0.5, 0.6) is 0 Å².